The maximum absolute atomic E-state index is 5.66. The quantitative estimate of drug-likeness (QED) is 0.857. The molecule has 1 aliphatic rings. The van der Waals surface area contributed by atoms with Gasteiger partial charge < -0.3 is 15.2 Å². The molecule has 0 atom stereocenters. The standard InChI is InChI=1S/C13H17N5/c1-10-6-11(7-14)2-3-12(10)17-4-5-18-9-15-16-13(18)8-17/h2-3,6,9H,4-5,7-8,14H2,1H3. The van der Waals surface area contributed by atoms with Gasteiger partial charge in [-0.3, -0.25) is 0 Å². The normalized spacial score (nSPS) is 14.7. The minimum Gasteiger partial charge on any atom is -0.362 e. The van der Waals surface area contributed by atoms with Crippen LogP contribution in [0.4, 0.5) is 5.69 Å². The fourth-order valence-electron chi connectivity index (χ4n) is 2.47. The van der Waals surface area contributed by atoms with Crippen molar-refractivity contribution in [3.8, 4) is 0 Å². The fraction of sp³-hybridized carbons (Fsp3) is 0.385. The molecule has 1 aromatic carbocycles. The van der Waals surface area contributed by atoms with Crippen molar-refractivity contribution < 1.29 is 0 Å². The smallest absolute Gasteiger partial charge is 0.152 e. The van der Waals surface area contributed by atoms with Crippen LogP contribution in [0.15, 0.2) is 24.5 Å². The second kappa shape index (κ2) is 4.42. The molecule has 2 N–H and O–H groups in total. The van der Waals surface area contributed by atoms with Gasteiger partial charge in [0.2, 0.25) is 0 Å². The van der Waals surface area contributed by atoms with E-state index < -0.39 is 0 Å². The van der Waals surface area contributed by atoms with Crippen molar-refractivity contribution in [3.63, 3.8) is 0 Å². The minimum absolute atomic E-state index is 0.593. The number of nitrogens with zero attached hydrogens (tertiary/aromatic N) is 4. The molecular formula is C13H17N5. The molecule has 0 saturated heterocycles. The minimum atomic E-state index is 0.593. The van der Waals surface area contributed by atoms with Crippen molar-refractivity contribution in [2.24, 2.45) is 5.73 Å². The molecular weight excluding hydrogens is 226 g/mol. The van der Waals surface area contributed by atoms with Gasteiger partial charge in [0.05, 0.1) is 6.54 Å². The van der Waals surface area contributed by atoms with E-state index in [1.807, 2.05) is 0 Å². The van der Waals surface area contributed by atoms with Crippen LogP contribution >= 0.6 is 0 Å². The number of aryl methyl sites for hydroxylation is 1. The van der Waals surface area contributed by atoms with E-state index in [1.54, 1.807) is 6.33 Å². The molecule has 0 bridgehead atoms. The van der Waals surface area contributed by atoms with Crippen molar-refractivity contribution in [1.82, 2.24) is 14.8 Å². The largest absolute Gasteiger partial charge is 0.362 e. The topological polar surface area (TPSA) is 60.0 Å². The van der Waals surface area contributed by atoms with Gasteiger partial charge >= 0.3 is 0 Å². The lowest BCUT2D eigenvalue weighted by atomic mass is 10.1. The number of aromatic nitrogens is 3. The Hall–Kier alpha value is -1.88. The van der Waals surface area contributed by atoms with E-state index >= 15 is 0 Å². The van der Waals surface area contributed by atoms with Gasteiger partial charge in [0.25, 0.3) is 0 Å². The van der Waals surface area contributed by atoms with Crippen molar-refractivity contribution in [3.05, 3.63) is 41.5 Å². The second-order valence-electron chi connectivity index (χ2n) is 4.69. The summed E-state index contributed by atoms with van der Waals surface area (Å²) < 4.78 is 2.11. The first-order valence-corrected chi connectivity index (χ1v) is 6.19. The van der Waals surface area contributed by atoms with E-state index in [0.29, 0.717) is 6.54 Å². The molecule has 2 heterocycles. The molecule has 0 fully saturated rings. The van der Waals surface area contributed by atoms with Crippen LogP contribution in [0.1, 0.15) is 17.0 Å². The molecule has 3 rings (SSSR count). The summed E-state index contributed by atoms with van der Waals surface area (Å²) in [4.78, 5) is 2.35. The first-order valence-electron chi connectivity index (χ1n) is 6.19. The van der Waals surface area contributed by atoms with Gasteiger partial charge in [0, 0.05) is 25.3 Å². The summed E-state index contributed by atoms with van der Waals surface area (Å²) in [5.74, 6) is 1.03. The molecule has 94 valence electrons. The first-order chi connectivity index (χ1) is 8.78. The number of hydrogen-bond donors (Lipinski definition) is 1. The summed E-state index contributed by atoms with van der Waals surface area (Å²) in [6.07, 6.45) is 1.80. The third-order valence-electron chi connectivity index (χ3n) is 3.48. The highest BCUT2D eigenvalue weighted by molar-refractivity contribution is 5.54. The monoisotopic (exact) mass is 243 g/mol. The first kappa shape index (κ1) is 11.2. The third-order valence-corrected chi connectivity index (χ3v) is 3.48. The zero-order valence-corrected chi connectivity index (χ0v) is 10.5. The summed E-state index contributed by atoms with van der Waals surface area (Å²) in [5.41, 5.74) is 9.37. The lowest BCUT2D eigenvalue weighted by Crippen LogP contribution is -2.34. The number of anilines is 1. The van der Waals surface area contributed by atoms with Gasteiger partial charge in [-0.1, -0.05) is 12.1 Å². The Balaban J connectivity index is 1.88. The molecule has 0 saturated carbocycles. The molecule has 0 radical (unpaired) electrons. The number of benzene rings is 1. The van der Waals surface area contributed by atoms with E-state index in [4.69, 9.17) is 5.73 Å². The van der Waals surface area contributed by atoms with Gasteiger partial charge in [-0.15, -0.1) is 10.2 Å². The van der Waals surface area contributed by atoms with Crippen LogP contribution in [-0.2, 0) is 19.6 Å². The molecule has 2 aromatic rings. The molecule has 18 heavy (non-hydrogen) atoms. The zero-order chi connectivity index (χ0) is 12.5. The molecule has 1 aromatic heterocycles. The van der Waals surface area contributed by atoms with Gasteiger partial charge in [-0.2, -0.15) is 0 Å². The maximum Gasteiger partial charge on any atom is 0.152 e. The highest BCUT2D eigenvalue weighted by Crippen LogP contribution is 2.24. The maximum atomic E-state index is 5.66. The number of hydrogen-bond acceptors (Lipinski definition) is 4. The summed E-state index contributed by atoms with van der Waals surface area (Å²) >= 11 is 0. The van der Waals surface area contributed by atoms with Gasteiger partial charge in [0.15, 0.2) is 5.82 Å². The van der Waals surface area contributed by atoms with Crippen LogP contribution in [0.2, 0.25) is 0 Å². The molecule has 1 aliphatic heterocycles. The van der Waals surface area contributed by atoms with E-state index in [1.165, 1.54) is 16.8 Å². The number of fused-ring (bicyclic) bond motifs is 1. The summed E-state index contributed by atoms with van der Waals surface area (Å²) in [6.45, 7) is 5.49. The Morgan fingerprint density at radius 3 is 3.00 bits per heavy atom. The van der Waals surface area contributed by atoms with Crippen LogP contribution in [-0.4, -0.2) is 21.3 Å². The summed E-state index contributed by atoms with van der Waals surface area (Å²) in [6, 6.07) is 6.42. The SMILES string of the molecule is Cc1cc(CN)ccc1N1CCn2cnnc2C1. The Morgan fingerprint density at radius 2 is 2.22 bits per heavy atom. The average Bonchev–Trinajstić information content (AvgIpc) is 2.85. The molecule has 0 unspecified atom stereocenters. The average molecular weight is 243 g/mol. The van der Waals surface area contributed by atoms with Crippen LogP contribution in [0, 0.1) is 6.92 Å². The molecule has 5 nitrogen and oxygen atoms in total. The lowest BCUT2D eigenvalue weighted by Gasteiger charge is -2.30. The third kappa shape index (κ3) is 1.86. The fourth-order valence-corrected chi connectivity index (χ4v) is 2.47. The molecule has 0 aliphatic carbocycles. The summed E-state index contributed by atoms with van der Waals surface area (Å²) in [5, 5.41) is 8.10. The number of rotatable bonds is 2. The van der Waals surface area contributed by atoms with Crippen LogP contribution in [0.3, 0.4) is 0 Å². The molecule has 0 spiro atoms. The van der Waals surface area contributed by atoms with Crippen molar-refractivity contribution in [2.45, 2.75) is 26.6 Å². The predicted octanol–water partition coefficient (Wildman–Crippen LogP) is 1.07. The number of nitrogens with two attached hydrogens (primary N) is 1. The Labute approximate surface area is 106 Å². The van der Waals surface area contributed by atoms with E-state index in [9.17, 15) is 0 Å². The predicted molar refractivity (Wildman–Crippen MR) is 70.1 cm³/mol. The second-order valence-corrected chi connectivity index (χ2v) is 4.69. The Bertz CT molecular complexity index is 560. The van der Waals surface area contributed by atoms with Gasteiger partial charge in [0.1, 0.15) is 6.33 Å². The van der Waals surface area contributed by atoms with Crippen molar-refractivity contribution >= 4 is 5.69 Å². The van der Waals surface area contributed by atoms with Crippen molar-refractivity contribution in [1.29, 1.82) is 0 Å². The van der Waals surface area contributed by atoms with Gasteiger partial charge in [-0.25, -0.2) is 0 Å². The summed E-state index contributed by atoms with van der Waals surface area (Å²) in [7, 11) is 0. The zero-order valence-electron chi connectivity index (χ0n) is 10.5. The van der Waals surface area contributed by atoms with Crippen LogP contribution in [0.5, 0.6) is 0 Å². The van der Waals surface area contributed by atoms with E-state index in [-0.39, 0.29) is 0 Å². The molecule has 0 amide bonds. The Morgan fingerprint density at radius 1 is 1.33 bits per heavy atom. The van der Waals surface area contributed by atoms with E-state index in [0.717, 1.165) is 25.5 Å². The van der Waals surface area contributed by atoms with Gasteiger partial charge in [-0.05, 0) is 24.1 Å². The highest BCUT2D eigenvalue weighted by Gasteiger charge is 2.18. The van der Waals surface area contributed by atoms with Crippen LogP contribution in [0.25, 0.3) is 0 Å². The Kier molecular flexibility index (Phi) is 2.76. The lowest BCUT2D eigenvalue weighted by molar-refractivity contribution is 0.559. The molecule has 5 heteroatoms. The van der Waals surface area contributed by atoms with Crippen LogP contribution < -0.4 is 10.6 Å². The highest BCUT2D eigenvalue weighted by atomic mass is 15.3. The van der Waals surface area contributed by atoms with E-state index in [2.05, 4.69) is 44.8 Å². The van der Waals surface area contributed by atoms with Crippen molar-refractivity contribution in [2.75, 3.05) is 11.4 Å².